The van der Waals surface area contributed by atoms with Gasteiger partial charge in [0.2, 0.25) is 5.88 Å². The second-order valence-electron chi connectivity index (χ2n) is 3.94. The van der Waals surface area contributed by atoms with Gasteiger partial charge in [-0.15, -0.1) is 0 Å². The van der Waals surface area contributed by atoms with Gasteiger partial charge >= 0.3 is 0 Å². The fourth-order valence-corrected chi connectivity index (χ4v) is 2.33. The lowest BCUT2D eigenvalue weighted by Crippen LogP contribution is -1.98. The first-order chi connectivity index (χ1) is 8.78. The van der Waals surface area contributed by atoms with Crippen LogP contribution in [0.2, 0.25) is 0 Å². The molecule has 4 heteroatoms. The number of halogens is 1. The highest BCUT2D eigenvalue weighted by Gasteiger charge is 2.08. The van der Waals surface area contributed by atoms with E-state index in [-0.39, 0.29) is 0 Å². The van der Waals surface area contributed by atoms with Gasteiger partial charge in [-0.25, -0.2) is 4.98 Å². The summed E-state index contributed by atoms with van der Waals surface area (Å²) in [6, 6.07) is 12.0. The van der Waals surface area contributed by atoms with Crippen molar-refractivity contribution in [1.82, 2.24) is 9.55 Å². The van der Waals surface area contributed by atoms with Crippen molar-refractivity contribution in [2.24, 2.45) is 0 Å². The van der Waals surface area contributed by atoms with Gasteiger partial charge in [0, 0.05) is 22.3 Å². The average Bonchev–Trinajstić information content (AvgIpc) is 2.90. The zero-order chi connectivity index (χ0) is 12.5. The predicted octanol–water partition coefficient (Wildman–Crippen LogP) is 3.80. The van der Waals surface area contributed by atoms with Gasteiger partial charge in [0.25, 0.3) is 0 Å². The van der Waals surface area contributed by atoms with Crippen LogP contribution in [0.5, 0.6) is 5.88 Å². The Morgan fingerprint density at radius 1 is 1.17 bits per heavy atom. The molecule has 0 bridgehead atoms. The number of hydrogen-bond acceptors (Lipinski definition) is 2. The second kappa shape index (κ2) is 4.46. The van der Waals surface area contributed by atoms with Crippen molar-refractivity contribution in [3.63, 3.8) is 0 Å². The molecular weight excluding hydrogens is 292 g/mol. The molecule has 0 radical (unpaired) electrons. The Labute approximate surface area is 113 Å². The van der Waals surface area contributed by atoms with Gasteiger partial charge in [0.05, 0.1) is 12.6 Å². The lowest BCUT2D eigenvalue weighted by atomic mass is 10.2. The van der Waals surface area contributed by atoms with Crippen LogP contribution in [0.3, 0.4) is 0 Å². The Bertz CT molecular complexity index is 692. The van der Waals surface area contributed by atoms with Crippen LogP contribution in [0, 0.1) is 0 Å². The van der Waals surface area contributed by atoms with E-state index in [0.717, 1.165) is 21.1 Å². The summed E-state index contributed by atoms with van der Waals surface area (Å²) in [5, 5.41) is 1.08. The van der Waals surface area contributed by atoms with Gasteiger partial charge in [0.1, 0.15) is 5.69 Å². The third kappa shape index (κ3) is 1.88. The Kier molecular flexibility index (Phi) is 2.80. The first-order valence-electron chi connectivity index (χ1n) is 5.55. The van der Waals surface area contributed by atoms with Crippen molar-refractivity contribution in [1.29, 1.82) is 0 Å². The first kappa shape index (κ1) is 11.3. The van der Waals surface area contributed by atoms with Crippen LogP contribution < -0.4 is 4.74 Å². The minimum Gasteiger partial charge on any atom is -0.479 e. The Morgan fingerprint density at radius 2 is 1.94 bits per heavy atom. The number of nitrogens with zero attached hydrogens (tertiary/aromatic N) is 2. The Hall–Kier alpha value is -1.81. The van der Waals surface area contributed by atoms with E-state index in [1.165, 1.54) is 0 Å². The molecule has 1 aromatic carbocycles. The molecular formula is C14H11BrN2O. The number of pyridine rings is 1. The van der Waals surface area contributed by atoms with E-state index in [2.05, 4.69) is 33.0 Å². The molecule has 0 aliphatic heterocycles. The quantitative estimate of drug-likeness (QED) is 0.720. The van der Waals surface area contributed by atoms with Crippen molar-refractivity contribution in [3.05, 3.63) is 53.3 Å². The van der Waals surface area contributed by atoms with Crippen molar-refractivity contribution >= 4 is 26.8 Å². The molecule has 0 unspecified atom stereocenters. The van der Waals surface area contributed by atoms with E-state index >= 15 is 0 Å². The number of ether oxygens (including phenoxy) is 1. The van der Waals surface area contributed by atoms with Gasteiger partial charge in [-0.05, 0) is 36.4 Å². The summed E-state index contributed by atoms with van der Waals surface area (Å²) >= 11 is 3.48. The minimum absolute atomic E-state index is 0.626. The molecule has 0 N–H and O–H groups in total. The molecule has 0 fully saturated rings. The molecule has 0 saturated carbocycles. The maximum atomic E-state index is 5.36. The SMILES string of the molecule is COc1nc2ccc(Br)cc2cc1-n1cccc1. The number of hydrogen-bond donors (Lipinski definition) is 0. The van der Waals surface area contributed by atoms with Crippen molar-refractivity contribution < 1.29 is 4.74 Å². The standard InChI is InChI=1S/C14H11BrN2O/c1-18-14-13(17-6-2-3-7-17)9-10-8-11(15)4-5-12(10)16-14/h2-9H,1H3. The zero-order valence-electron chi connectivity index (χ0n) is 9.80. The molecule has 2 heterocycles. The van der Waals surface area contributed by atoms with Crippen molar-refractivity contribution in [2.75, 3.05) is 7.11 Å². The monoisotopic (exact) mass is 302 g/mol. The summed E-state index contributed by atoms with van der Waals surface area (Å²) in [6.45, 7) is 0. The van der Waals surface area contributed by atoms with Gasteiger partial charge in [-0.3, -0.25) is 0 Å². The highest BCUT2D eigenvalue weighted by atomic mass is 79.9. The highest BCUT2D eigenvalue weighted by Crippen LogP contribution is 2.27. The molecule has 0 aliphatic carbocycles. The molecule has 0 atom stereocenters. The Balaban J connectivity index is 2.29. The van der Waals surface area contributed by atoms with E-state index in [9.17, 15) is 0 Å². The van der Waals surface area contributed by atoms with Crippen molar-refractivity contribution in [2.45, 2.75) is 0 Å². The van der Waals surface area contributed by atoms with E-state index in [4.69, 9.17) is 4.74 Å². The number of methoxy groups -OCH3 is 1. The maximum absolute atomic E-state index is 5.36. The van der Waals surface area contributed by atoms with Crippen LogP contribution in [-0.4, -0.2) is 16.7 Å². The number of aromatic nitrogens is 2. The summed E-state index contributed by atoms with van der Waals surface area (Å²) < 4.78 is 8.40. The fraction of sp³-hybridized carbons (Fsp3) is 0.0714. The molecule has 0 aliphatic rings. The normalized spacial score (nSPS) is 10.8. The number of benzene rings is 1. The molecule has 3 rings (SSSR count). The van der Waals surface area contributed by atoms with Crippen LogP contribution in [0.15, 0.2) is 53.3 Å². The molecule has 3 aromatic rings. The third-order valence-electron chi connectivity index (χ3n) is 2.80. The average molecular weight is 303 g/mol. The topological polar surface area (TPSA) is 27.1 Å². The summed E-state index contributed by atoms with van der Waals surface area (Å²) in [5.41, 5.74) is 1.86. The van der Waals surface area contributed by atoms with Crippen LogP contribution in [-0.2, 0) is 0 Å². The molecule has 0 spiro atoms. The largest absolute Gasteiger partial charge is 0.479 e. The molecule has 0 saturated heterocycles. The molecule has 90 valence electrons. The van der Waals surface area contributed by atoms with Gasteiger partial charge in [-0.1, -0.05) is 15.9 Å². The van der Waals surface area contributed by atoms with Crippen LogP contribution in [0.1, 0.15) is 0 Å². The summed E-state index contributed by atoms with van der Waals surface area (Å²) in [4.78, 5) is 4.53. The van der Waals surface area contributed by atoms with E-state index in [1.807, 2.05) is 41.2 Å². The molecule has 3 nitrogen and oxygen atoms in total. The minimum atomic E-state index is 0.626. The van der Waals surface area contributed by atoms with Crippen LogP contribution in [0.25, 0.3) is 16.6 Å². The molecule has 18 heavy (non-hydrogen) atoms. The first-order valence-corrected chi connectivity index (χ1v) is 6.35. The van der Waals surface area contributed by atoms with Gasteiger partial charge in [-0.2, -0.15) is 0 Å². The van der Waals surface area contributed by atoms with E-state index in [0.29, 0.717) is 5.88 Å². The number of fused-ring (bicyclic) bond motifs is 1. The lowest BCUT2D eigenvalue weighted by Gasteiger charge is -2.10. The fourth-order valence-electron chi connectivity index (χ4n) is 1.95. The molecule has 0 amide bonds. The predicted molar refractivity (Wildman–Crippen MR) is 75.3 cm³/mol. The summed E-state index contributed by atoms with van der Waals surface area (Å²) in [6.07, 6.45) is 3.95. The third-order valence-corrected chi connectivity index (χ3v) is 3.29. The summed E-state index contributed by atoms with van der Waals surface area (Å²) in [7, 11) is 1.64. The Morgan fingerprint density at radius 3 is 2.67 bits per heavy atom. The maximum Gasteiger partial charge on any atom is 0.238 e. The zero-order valence-corrected chi connectivity index (χ0v) is 11.4. The second-order valence-corrected chi connectivity index (χ2v) is 4.86. The van der Waals surface area contributed by atoms with Gasteiger partial charge < -0.3 is 9.30 Å². The smallest absolute Gasteiger partial charge is 0.238 e. The van der Waals surface area contributed by atoms with Crippen molar-refractivity contribution in [3.8, 4) is 11.6 Å². The van der Waals surface area contributed by atoms with E-state index < -0.39 is 0 Å². The van der Waals surface area contributed by atoms with Gasteiger partial charge in [0.15, 0.2) is 0 Å². The number of rotatable bonds is 2. The lowest BCUT2D eigenvalue weighted by molar-refractivity contribution is 0.397. The summed E-state index contributed by atoms with van der Waals surface area (Å²) in [5.74, 6) is 0.626. The van der Waals surface area contributed by atoms with Crippen LogP contribution >= 0.6 is 15.9 Å². The van der Waals surface area contributed by atoms with E-state index in [1.54, 1.807) is 7.11 Å². The molecule has 2 aromatic heterocycles. The van der Waals surface area contributed by atoms with Crippen LogP contribution in [0.4, 0.5) is 0 Å². The highest BCUT2D eigenvalue weighted by molar-refractivity contribution is 9.10.